The number of fused-ring (bicyclic) bond motifs is 1. The van der Waals surface area contributed by atoms with Crippen LogP contribution in [0.4, 0.5) is 5.82 Å². The molecular weight excluding hydrogens is 424 g/mol. The smallest absolute Gasteiger partial charge is 0.220 e. The van der Waals surface area contributed by atoms with E-state index in [0.29, 0.717) is 43.1 Å². The second kappa shape index (κ2) is 12.4. The maximum Gasteiger partial charge on any atom is 0.220 e. The molecule has 172 valence electrons. The highest BCUT2D eigenvalue weighted by atomic mass is 32.2. The van der Waals surface area contributed by atoms with E-state index in [4.69, 9.17) is 9.72 Å². The lowest BCUT2D eigenvalue weighted by atomic mass is 10.1. The largest absolute Gasteiger partial charge is 0.383 e. The number of aromatic nitrogens is 4. The van der Waals surface area contributed by atoms with Crippen LogP contribution in [-0.4, -0.2) is 57.7 Å². The van der Waals surface area contributed by atoms with Gasteiger partial charge in [-0.1, -0.05) is 55.9 Å². The first-order chi connectivity index (χ1) is 15.6. The minimum atomic E-state index is 0.0602. The molecule has 3 aromatic rings. The van der Waals surface area contributed by atoms with Crippen molar-refractivity contribution in [3.63, 3.8) is 0 Å². The maximum atomic E-state index is 12.2. The number of thioether (sulfide) groups is 1. The number of carbonyl (C=O) groups excluding carboxylic acids is 1. The van der Waals surface area contributed by atoms with Gasteiger partial charge in [-0.25, -0.2) is 14.6 Å². The summed E-state index contributed by atoms with van der Waals surface area (Å²) in [7, 11) is 1.67. The highest BCUT2D eigenvalue weighted by Gasteiger charge is 2.14. The fraction of sp³-hybridized carbons (Fsp3) is 0.478. The van der Waals surface area contributed by atoms with Crippen molar-refractivity contribution < 1.29 is 9.53 Å². The topological polar surface area (TPSA) is 94.0 Å². The zero-order chi connectivity index (χ0) is 22.8. The Balaban J connectivity index is 1.57. The quantitative estimate of drug-likeness (QED) is 0.231. The molecule has 0 fully saturated rings. The first-order valence-corrected chi connectivity index (χ1v) is 11.9. The summed E-state index contributed by atoms with van der Waals surface area (Å²) in [5.41, 5.74) is 2.02. The summed E-state index contributed by atoms with van der Waals surface area (Å²) in [5.74, 6) is 0.816. The second-order valence-corrected chi connectivity index (χ2v) is 9.28. The fourth-order valence-electron chi connectivity index (χ4n) is 3.26. The normalized spacial score (nSPS) is 11.2. The molecule has 3 rings (SSSR count). The molecule has 0 unspecified atom stereocenters. The monoisotopic (exact) mass is 456 g/mol. The van der Waals surface area contributed by atoms with Crippen LogP contribution in [0.2, 0.25) is 0 Å². The van der Waals surface area contributed by atoms with Crippen LogP contribution >= 0.6 is 11.8 Å². The van der Waals surface area contributed by atoms with Crippen LogP contribution in [0, 0.1) is 0 Å². The van der Waals surface area contributed by atoms with Crippen molar-refractivity contribution in [3.8, 4) is 0 Å². The van der Waals surface area contributed by atoms with Crippen LogP contribution in [0.25, 0.3) is 11.0 Å². The highest BCUT2D eigenvalue weighted by Crippen LogP contribution is 2.26. The van der Waals surface area contributed by atoms with E-state index in [2.05, 4.69) is 46.7 Å². The fourth-order valence-corrected chi connectivity index (χ4v) is 3.96. The van der Waals surface area contributed by atoms with Gasteiger partial charge in [-0.3, -0.25) is 4.79 Å². The molecule has 8 nitrogen and oxygen atoms in total. The van der Waals surface area contributed by atoms with E-state index in [1.807, 2.05) is 22.9 Å². The van der Waals surface area contributed by atoms with E-state index in [1.54, 1.807) is 25.1 Å². The SMILES string of the molecule is COCCNc1nc(SC(C)C)nc2c1cnn2CCNC(=O)CCCc1ccccc1. The second-order valence-electron chi connectivity index (χ2n) is 7.74. The first-order valence-electron chi connectivity index (χ1n) is 11.0. The number of benzene rings is 1. The molecule has 32 heavy (non-hydrogen) atoms. The van der Waals surface area contributed by atoms with Crippen molar-refractivity contribution in [2.24, 2.45) is 0 Å². The predicted octanol–water partition coefficient (Wildman–Crippen LogP) is 3.52. The van der Waals surface area contributed by atoms with E-state index in [9.17, 15) is 4.79 Å². The Kier molecular flexibility index (Phi) is 9.30. The van der Waals surface area contributed by atoms with Gasteiger partial charge in [-0.15, -0.1) is 0 Å². The lowest BCUT2D eigenvalue weighted by molar-refractivity contribution is -0.121. The van der Waals surface area contributed by atoms with E-state index in [0.717, 1.165) is 29.7 Å². The van der Waals surface area contributed by atoms with Crippen molar-refractivity contribution in [1.82, 2.24) is 25.1 Å². The zero-order valence-corrected chi connectivity index (χ0v) is 19.8. The Morgan fingerprint density at radius 2 is 2.00 bits per heavy atom. The van der Waals surface area contributed by atoms with Crippen molar-refractivity contribution in [2.75, 3.05) is 32.1 Å². The van der Waals surface area contributed by atoms with Crippen LogP contribution in [0.5, 0.6) is 0 Å². The minimum Gasteiger partial charge on any atom is -0.383 e. The van der Waals surface area contributed by atoms with Crippen molar-refractivity contribution >= 4 is 34.5 Å². The molecule has 0 radical (unpaired) electrons. The molecule has 2 heterocycles. The zero-order valence-electron chi connectivity index (χ0n) is 19.0. The van der Waals surface area contributed by atoms with Crippen LogP contribution in [0.3, 0.4) is 0 Å². The number of carbonyl (C=O) groups is 1. The Labute approximate surface area is 193 Å². The summed E-state index contributed by atoms with van der Waals surface area (Å²) < 4.78 is 6.96. The molecule has 0 aliphatic rings. The van der Waals surface area contributed by atoms with Gasteiger partial charge in [0.1, 0.15) is 5.82 Å². The number of hydrogen-bond acceptors (Lipinski definition) is 7. The summed E-state index contributed by atoms with van der Waals surface area (Å²) in [6.07, 6.45) is 4.03. The lowest BCUT2D eigenvalue weighted by Gasteiger charge is -2.11. The molecule has 0 aliphatic carbocycles. The third-order valence-corrected chi connectivity index (χ3v) is 5.64. The Bertz CT molecular complexity index is 993. The van der Waals surface area contributed by atoms with Gasteiger partial charge in [0.15, 0.2) is 10.8 Å². The van der Waals surface area contributed by atoms with Gasteiger partial charge >= 0.3 is 0 Å². The summed E-state index contributed by atoms with van der Waals surface area (Å²) in [6.45, 7) is 6.52. The average Bonchev–Trinajstić information content (AvgIpc) is 3.17. The molecule has 2 N–H and O–H groups in total. The molecule has 1 amide bonds. The minimum absolute atomic E-state index is 0.0602. The van der Waals surface area contributed by atoms with Crippen LogP contribution < -0.4 is 10.6 Å². The molecule has 2 aromatic heterocycles. The number of nitrogens with zero attached hydrogens (tertiary/aromatic N) is 4. The Morgan fingerprint density at radius 1 is 1.19 bits per heavy atom. The van der Waals surface area contributed by atoms with Gasteiger partial charge in [-0.2, -0.15) is 5.10 Å². The summed E-state index contributed by atoms with van der Waals surface area (Å²) in [5, 5.41) is 12.7. The van der Waals surface area contributed by atoms with Crippen molar-refractivity contribution in [2.45, 2.75) is 50.1 Å². The number of hydrogen-bond donors (Lipinski definition) is 2. The summed E-state index contributed by atoms with van der Waals surface area (Å²) in [6, 6.07) is 10.2. The summed E-state index contributed by atoms with van der Waals surface area (Å²) in [4.78, 5) is 21.6. The molecule has 1 aromatic carbocycles. The van der Waals surface area contributed by atoms with Crippen LogP contribution in [-0.2, 0) is 22.5 Å². The molecule has 0 bridgehead atoms. The van der Waals surface area contributed by atoms with E-state index in [1.165, 1.54) is 5.56 Å². The molecule has 0 spiro atoms. The number of aryl methyl sites for hydroxylation is 1. The average molecular weight is 457 g/mol. The standard InChI is InChI=1S/C23H32N6O2S/c1-17(2)32-23-27-21(25-13-15-31-3)19-16-26-29(22(19)28-23)14-12-24-20(30)11-7-10-18-8-5-4-6-9-18/h4-6,8-9,16-17H,7,10-15H2,1-3H3,(H,24,30)(H,25,27,28). The molecule has 0 atom stereocenters. The van der Waals surface area contributed by atoms with Crippen LogP contribution in [0.15, 0.2) is 41.7 Å². The van der Waals surface area contributed by atoms with Gasteiger partial charge in [0.05, 0.1) is 24.7 Å². The molecule has 0 aliphatic heterocycles. The molecular formula is C23H32N6O2S. The van der Waals surface area contributed by atoms with E-state index >= 15 is 0 Å². The number of nitrogens with one attached hydrogen (secondary N) is 2. The molecule has 0 saturated carbocycles. The summed E-state index contributed by atoms with van der Waals surface area (Å²) >= 11 is 1.61. The van der Waals surface area contributed by atoms with Crippen molar-refractivity contribution in [1.29, 1.82) is 0 Å². The maximum absolute atomic E-state index is 12.2. The number of methoxy groups -OCH3 is 1. The highest BCUT2D eigenvalue weighted by molar-refractivity contribution is 7.99. The predicted molar refractivity (Wildman–Crippen MR) is 129 cm³/mol. The van der Waals surface area contributed by atoms with Crippen LogP contribution in [0.1, 0.15) is 32.3 Å². The van der Waals surface area contributed by atoms with Gasteiger partial charge in [0, 0.05) is 31.9 Å². The van der Waals surface area contributed by atoms with E-state index < -0.39 is 0 Å². The number of ether oxygens (including phenoxy) is 1. The van der Waals surface area contributed by atoms with Gasteiger partial charge in [-0.05, 0) is 18.4 Å². The van der Waals surface area contributed by atoms with Gasteiger partial charge in [0.25, 0.3) is 0 Å². The number of amides is 1. The van der Waals surface area contributed by atoms with Gasteiger partial charge < -0.3 is 15.4 Å². The Hall–Kier alpha value is -2.65. The van der Waals surface area contributed by atoms with Crippen molar-refractivity contribution in [3.05, 3.63) is 42.1 Å². The van der Waals surface area contributed by atoms with E-state index in [-0.39, 0.29) is 5.91 Å². The number of anilines is 1. The lowest BCUT2D eigenvalue weighted by Crippen LogP contribution is -2.27. The molecule has 9 heteroatoms. The first kappa shape index (κ1) is 24.0. The Morgan fingerprint density at radius 3 is 2.75 bits per heavy atom. The number of rotatable bonds is 13. The third kappa shape index (κ3) is 7.20. The molecule has 0 saturated heterocycles. The third-order valence-electron chi connectivity index (χ3n) is 4.77. The van der Waals surface area contributed by atoms with Gasteiger partial charge in [0.2, 0.25) is 5.91 Å².